The van der Waals surface area contributed by atoms with E-state index in [1.54, 1.807) is 12.1 Å². The third-order valence-corrected chi connectivity index (χ3v) is 6.09. The Bertz CT molecular complexity index is 1060. The number of ketones is 1. The average Bonchev–Trinajstić information content (AvgIpc) is 3.20. The van der Waals surface area contributed by atoms with Crippen LogP contribution in [0.25, 0.3) is 11.5 Å². The fraction of sp³-hybridized carbons (Fsp3) is 0.280. The molecule has 0 aliphatic carbocycles. The monoisotopic (exact) mass is 450 g/mol. The van der Waals surface area contributed by atoms with Crippen LogP contribution in [-0.4, -0.2) is 41.0 Å². The van der Waals surface area contributed by atoms with E-state index in [0.29, 0.717) is 37.0 Å². The number of nitrogens with one attached hydrogen (secondary N) is 1. The Hall–Kier alpha value is -3.19. The van der Waals surface area contributed by atoms with Crippen LogP contribution in [0.2, 0.25) is 0 Å². The van der Waals surface area contributed by atoms with Gasteiger partial charge in [0.2, 0.25) is 11.8 Å². The maximum atomic E-state index is 12.7. The molecule has 3 rings (SSSR count). The second-order valence-electron chi connectivity index (χ2n) is 7.35. The number of nitrogens with zero attached hydrogens (tertiary/aromatic N) is 1. The molecule has 0 spiro atoms. The summed E-state index contributed by atoms with van der Waals surface area (Å²) in [7, 11) is 0. The van der Waals surface area contributed by atoms with Crippen LogP contribution in [0.5, 0.6) is 0 Å². The van der Waals surface area contributed by atoms with Crippen molar-refractivity contribution in [3.63, 3.8) is 0 Å². The predicted octanol–water partition coefficient (Wildman–Crippen LogP) is 4.05. The molecule has 32 heavy (non-hydrogen) atoms. The highest BCUT2D eigenvalue weighted by atomic mass is 32.2. The first-order valence-corrected chi connectivity index (χ1v) is 11.7. The summed E-state index contributed by atoms with van der Waals surface area (Å²) in [4.78, 5) is 39.8. The lowest BCUT2D eigenvalue weighted by molar-refractivity contribution is -0.122. The van der Waals surface area contributed by atoms with Crippen molar-refractivity contribution < 1.29 is 18.8 Å². The SMILES string of the molecule is CSC(Cc1ccc(C(=O)CCc2nc(-c3ccccc3)oc2C)cc1)C(=O)NCC=O. The van der Waals surface area contributed by atoms with Crippen molar-refractivity contribution in [2.75, 3.05) is 12.8 Å². The van der Waals surface area contributed by atoms with Gasteiger partial charge >= 0.3 is 0 Å². The highest BCUT2D eigenvalue weighted by molar-refractivity contribution is 7.99. The van der Waals surface area contributed by atoms with Crippen LogP contribution in [-0.2, 0) is 22.4 Å². The summed E-state index contributed by atoms with van der Waals surface area (Å²) < 4.78 is 5.77. The van der Waals surface area contributed by atoms with Crippen LogP contribution < -0.4 is 5.32 Å². The quantitative estimate of drug-likeness (QED) is 0.350. The molecule has 0 saturated carbocycles. The van der Waals surface area contributed by atoms with E-state index in [9.17, 15) is 14.4 Å². The van der Waals surface area contributed by atoms with E-state index in [1.807, 2.05) is 55.6 Å². The molecule has 1 N–H and O–H groups in total. The first-order chi connectivity index (χ1) is 15.5. The fourth-order valence-electron chi connectivity index (χ4n) is 3.32. The van der Waals surface area contributed by atoms with Crippen LogP contribution in [0.1, 0.15) is 33.8 Å². The molecular formula is C25H26N2O4S. The topological polar surface area (TPSA) is 89.3 Å². The highest BCUT2D eigenvalue weighted by Crippen LogP contribution is 2.23. The Morgan fingerprint density at radius 3 is 2.50 bits per heavy atom. The lowest BCUT2D eigenvalue weighted by Gasteiger charge is -2.13. The molecule has 1 amide bonds. The zero-order valence-electron chi connectivity index (χ0n) is 18.2. The van der Waals surface area contributed by atoms with Crippen LogP contribution >= 0.6 is 11.8 Å². The number of amides is 1. The number of thioether (sulfide) groups is 1. The number of hydrogen-bond acceptors (Lipinski definition) is 6. The predicted molar refractivity (Wildman–Crippen MR) is 126 cm³/mol. The minimum absolute atomic E-state index is 0.0150. The van der Waals surface area contributed by atoms with E-state index in [0.717, 1.165) is 22.6 Å². The Labute approximate surface area is 191 Å². The number of aromatic nitrogens is 1. The number of Topliss-reactive ketones (excluding diaryl/α,β-unsaturated/α-hetero) is 1. The van der Waals surface area contributed by atoms with Gasteiger partial charge in [0.25, 0.3) is 0 Å². The molecule has 0 bridgehead atoms. The standard InChI is InChI=1S/C25H26N2O4S/c1-17-21(27-25(31-17)20-6-4-3-5-7-20)12-13-22(29)19-10-8-18(9-11-19)16-23(32-2)24(30)26-14-15-28/h3-11,15,23H,12-14,16H2,1-2H3,(H,26,30). The molecule has 6 nitrogen and oxygen atoms in total. The van der Waals surface area contributed by atoms with Gasteiger partial charge in [-0.2, -0.15) is 11.8 Å². The number of aryl methyl sites for hydroxylation is 2. The number of oxazole rings is 1. The summed E-state index contributed by atoms with van der Waals surface area (Å²) in [6, 6.07) is 17.0. The first-order valence-electron chi connectivity index (χ1n) is 10.4. The summed E-state index contributed by atoms with van der Waals surface area (Å²) in [5.74, 6) is 1.16. The van der Waals surface area contributed by atoms with E-state index >= 15 is 0 Å². The molecule has 2 aromatic carbocycles. The Kier molecular flexibility index (Phi) is 8.39. The second-order valence-corrected chi connectivity index (χ2v) is 8.39. The molecule has 3 aromatic rings. The minimum Gasteiger partial charge on any atom is -0.441 e. The zero-order chi connectivity index (χ0) is 22.9. The van der Waals surface area contributed by atoms with E-state index in [4.69, 9.17) is 4.42 Å². The molecule has 0 saturated heterocycles. The molecule has 166 valence electrons. The number of benzene rings is 2. The molecule has 1 aromatic heterocycles. The molecule has 7 heteroatoms. The molecule has 1 atom stereocenters. The Balaban J connectivity index is 1.58. The Morgan fingerprint density at radius 1 is 1.12 bits per heavy atom. The molecule has 0 radical (unpaired) electrons. The molecule has 0 aliphatic rings. The average molecular weight is 451 g/mol. The van der Waals surface area contributed by atoms with Gasteiger partial charge in [-0.05, 0) is 37.3 Å². The van der Waals surface area contributed by atoms with E-state index in [2.05, 4.69) is 10.3 Å². The van der Waals surface area contributed by atoms with Gasteiger partial charge in [0.1, 0.15) is 12.0 Å². The van der Waals surface area contributed by atoms with Crippen molar-refractivity contribution in [2.45, 2.75) is 31.4 Å². The zero-order valence-corrected chi connectivity index (χ0v) is 19.0. The number of carbonyl (C=O) groups is 3. The number of carbonyl (C=O) groups excluding carboxylic acids is 3. The molecular weight excluding hydrogens is 424 g/mol. The van der Waals surface area contributed by atoms with Gasteiger partial charge in [-0.1, -0.05) is 42.5 Å². The van der Waals surface area contributed by atoms with Crippen LogP contribution in [0.3, 0.4) is 0 Å². The number of hydrogen-bond donors (Lipinski definition) is 1. The first kappa shape index (κ1) is 23.5. The minimum atomic E-state index is -0.287. The van der Waals surface area contributed by atoms with Crippen molar-refractivity contribution in [1.29, 1.82) is 0 Å². The normalized spacial score (nSPS) is 11.7. The van der Waals surface area contributed by atoms with Crippen molar-refractivity contribution in [3.8, 4) is 11.5 Å². The van der Waals surface area contributed by atoms with Gasteiger partial charge in [-0.3, -0.25) is 9.59 Å². The fourth-order valence-corrected chi connectivity index (χ4v) is 3.98. The Morgan fingerprint density at radius 2 is 1.84 bits per heavy atom. The summed E-state index contributed by atoms with van der Waals surface area (Å²) >= 11 is 1.43. The number of aldehydes is 1. The van der Waals surface area contributed by atoms with Crippen LogP contribution in [0, 0.1) is 6.92 Å². The van der Waals surface area contributed by atoms with Crippen LogP contribution in [0.15, 0.2) is 59.0 Å². The lowest BCUT2D eigenvalue weighted by Crippen LogP contribution is -2.34. The third-order valence-electron chi connectivity index (χ3n) is 5.14. The maximum absolute atomic E-state index is 12.7. The van der Waals surface area contributed by atoms with Gasteiger partial charge in [0, 0.05) is 24.0 Å². The van der Waals surface area contributed by atoms with Gasteiger partial charge in [0.05, 0.1) is 17.5 Å². The van der Waals surface area contributed by atoms with Crippen molar-refractivity contribution in [2.24, 2.45) is 0 Å². The third kappa shape index (κ3) is 6.17. The van der Waals surface area contributed by atoms with Crippen molar-refractivity contribution in [1.82, 2.24) is 10.3 Å². The van der Waals surface area contributed by atoms with E-state index in [-0.39, 0.29) is 23.5 Å². The summed E-state index contributed by atoms with van der Waals surface area (Å²) in [6.07, 6.45) is 3.90. The van der Waals surface area contributed by atoms with Crippen molar-refractivity contribution in [3.05, 3.63) is 77.2 Å². The highest BCUT2D eigenvalue weighted by Gasteiger charge is 2.18. The van der Waals surface area contributed by atoms with Gasteiger partial charge in [-0.15, -0.1) is 0 Å². The maximum Gasteiger partial charge on any atom is 0.233 e. The lowest BCUT2D eigenvalue weighted by atomic mass is 10.0. The molecule has 0 fully saturated rings. The summed E-state index contributed by atoms with van der Waals surface area (Å²) in [5, 5.41) is 2.30. The second kappa shape index (κ2) is 11.4. The number of rotatable bonds is 11. The molecule has 0 aliphatic heterocycles. The van der Waals surface area contributed by atoms with Gasteiger partial charge < -0.3 is 14.5 Å². The van der Waals surface area contributed by atoms with Crippen molar-refractivity contribution >= 4 is 29.7 Å². The smallest absolute Gasteiger partial charge is 0.233 e. The van der Waals surface area contributed by atoms with Gasteiger partial charge in [0.15, 0.2) is 5.78 Å². The largest absolute Gasteiger partial charge is 0.441 e. The van der Waals surface area contributed by atoms with Gasteiger partial charge in [-0.25, -0.2) is 4.98 Å². The molecule has 1 heterocycles. The summed E-state index contributed by atoms with van der Waals surface area (Å²) in [5.41, 5.74) is 3.29. The van der Waals surface area contributed by atoms with E-state index < -0.39 is 0 Å². The molecule has 1 unspecified atom stereocenters. The summed E-state index contributed by atoms with van der Waals surface area (Å²) in [6.45, 7) is 1.88. The van der Waals surface area contributed by atoms with E-state index in [1.165, 1.54) is 11.8 Å². The van der Waals surface area contributed by atoms with Crippen LogP contribution in [0.4, 0.5) is 0 Å².